The van der Waals surface area contributed by atoms with Crippen molar-refractivity contribution in [3.63, 3.8) is 0 Å². The average molecular weight is 183 g/mol. The Morgan fingerprint density at radius 1 is 1.33 bits per heavy atom. The highest BCUT2D eigenvalue weighted by atomic mass is 19.4. The molecule has 0 aromatic carbocycles. The van der Waals surface area contributed by atoms with E-state index in [0.717, 1.165) is 6.07 Å². The fraction of sp³-hybridized carbons (Fsp3) is 0.333. The molecule has 1 aromatic rings. The van der Waals surface area contributed by atoms with Gasteiger partial charge in [0, 0.05) is 6.20 Å². The van der Waals surface area contributed by atoms with Crippen molar-refractivity contribution in [3.05, 3.63) is 24.0 Å². The van der Waals surface area contributed by atoms with Crippen LogP contribution in [0.25, 0.3) is 0 Å². The topological polar surface area (TPSA) is 56.2 Å². The number of H-pyrrole nitrogens is 1. The molecule has 0 aliphatic carbocycles. The van der Waals surface area contributed by atoms with Crippen LogP contribution in [0.1, 0.15) is 5.69 Å². The van der Waals surface area contributed by atoms with Crippen LogP contribution in [-0.4, -0.2) is 22.0 Å². The van der Waals surface area contributed by atoms with Gasteiger partial charge in [0.05, 0.1) is 0 Å². The third-order valence-electron chi connectivity index (χ3n) is 0.903. The third-order valence-corrected chi connectivity index (χ3v) is 0.903. The van der Waals surface area contributed by atoms with E-state index >= 15 is 0 Å². The predicted molar refractivity (Wildman–Crippen MR) is 35.1 cm³/mol. The summed E-state index contributed by atoms with van der Waals surface area (Å²) >= 11 is 0. The van der Waals surface area contributed by atoms with E-state index in [9.17, 15) is 13.2 Å². The third kappa shape index (κ3) is 3.99. The first kappa shape index (κ1) is 11.0. The van der Waals surface area contributed by atoms with Crippen molar-refractivity contribution >= 4 is 0 Å². The van der Waals surface area contributed by atoms with E-state index in [2.05, 4.69) is 4.98 Å². The minimum Gasteiger partial charge on any atom is -0.371 e. The summed E-state index contributed by atoms with van der Waals surface area (Å²) in [5.74, 6) is 0. The number of rotatable bonds is 0. The lowest BCUT2D eigenvalue weighted by molar-refractivity contribution is -0.140. The van der Waals surface area contributed by atoms with Crippen molar-refractivity contribution < 1.29 is 23.4 Å². The molecule has 0 saturated carbocycles. The van der Waals surface area contributed by atoms with Crippen LogP contribution in [0.5, 0.6) is 0 Å². The first-order valence-electron chi connectivity index (χ1n) is 2.94. The molecule has 0 amide bonds. The first-order chi connectivity index (χ1) is 5.52. The molecule has 0 aliphatic rings. The number of aliphatic hydroxyl groups excluding tert-OH is 1. The summed E-state index contributed by atoms with van der Waals surface area (Å²) in [6.07, 6.45) is -2.99. The SMILES string of the molecule is FC(F)(F)c1ccc[nH]1.OCO. The maximum absolute atomic E-state index is 11.6. The van der Waals surface area contributed by atoms with Crippen molar-refractivity contribution in [1.82, 2.24) is 4.98 Å². The summed E-state index contributed by atoms with van der Waals surface area (Å²) < 4.78 is 34.8. The van der Waals surface area contributed by atoms with Gasteiger partial charge in [-0.3, -0.25) is 0 Å². The smallest absolute Gasteiger partial charge is 0.371 e. The van der Waals surface area contributed by atoms with E-state index in [1.165, 1.54) is 12.3 Å². The lowest BCUT2D eigenvalue weighted by Crippen LogP contribution is -2.04. The molecule has 6 heteroatoms. The molecule has 0 bridgehead atoms. The molecule has 1 aromatic heterocycles. The van der Waals surface area contributed by atoms with Crippen molar-refractivity contribution in [2.75, 3.05) is 6.79 Å². The van der Waals surface area contributed by atoms with Crippen molar-refractivity contribution in [2.45, 2.75) is 6.18 Å². The van der Waals surface area contributed by atoms with Crippen LogP contribution in [0.3, 0.4) is 0 Å². The maximum Gasteiger partial charge on any atom is 0.431 e. The zero-order chi connectivity index (χ0) is 9.61. The Morgan fingerprint density at radius 3 is 2.00 bits per heavy atom. The Bertz CT molecular complexity index is 195. The van der Waals surface area contributed by atoms with E-state index in [1.54, 1.807) is 0 Å². The molecule has 0 spiro atoms. The molecular formula is C6H8F3NO2. The Morgan fingerprint density at radius 2 is 1.83 bits per heavy atom. The zero-order valence-corrected chi connectivity index (χ0v) is 5.97. The van der Waals surface area contributed by atoms with Crippen molar-refractivity contribution in [1.29, 1.82) is 0 Å². The van der Waals surface area contributed by atoms with Crippen molar-refractivity contribution in [3.8, 4) is 0 Å². The lowest BCUT2D eigenvalue weighted by atomic mass is 10.4. The van der Waals surface area contributed by atoms with Gasteiger partial charge in [0.15, 0.2) is 0 Å². The highest BCUT2D eigenvalue weighted by Crippen LogP contribution is 2.26. The van der Waals surface area contributed by atoms with Gasteiger partial charge in [0.1, 0.15) is 12.5 Å². The second-order valence-corrected chi connectivity index (χ2v) is 1.72. The van der Waals surface area contributed by atoms with Crippen LogP contribution in [-0.2, 0) is 6.18 Å². The molecular weight excluding hydrogens is 175 g/mol. The highest BCUT2D eigenvalue weighted by Gasteiger charge is 2.30. The van der Waals surface area contributed by atoms with Crippen LogP contribution in [0.15, 0.2) is 18.3 Å². The van der Waals surface area contributed by atoms with Gasteiger partial charge in [-0.15, -0.1) is 0 Å². The number of alkyl halides is 3. The Balaban J connectivity index is 0.000000354. The Hall–Kier alpha value is -1.01. The molecule has 1 rings (SSSR count). The number of aromatic amines is 1. The number of hydrogen-bond donors (Lipinski definition) is 3. The van der Waals surface area contributed by atoms with Gasteiger partial charge >= 0.3 is 6.18 Å². The summed E-state index contributed by atoms with van der Waals surface area (Å²) in [6.45, 7) is -0.750. The normalized spacial score (nSPS) is 10.4. The fourth-order valence-corrected chi connectivity index (χ4v) is 0.507. The molecule has 0 saturated heterocycles. The molecule has 0 fully saturated rings. The molecule has 70 valence electrons. The minimum absolute atomic E-state index is 0.706. The predicted octanol–water partition coefficient (Wildman–Crippen LogP) is 0.962. The zero-order valence-electron chi connectivity index (χ0n) is 5.97. The molecule has 12 heavy (non-hydrogen) atoms. The molecule has 0 radical (unpaired) electrons. The molecule has 1 heterocycles. The summed E-state index contributed by atoms with van der Waals surface area (Å²) in [4.78, 5) is 2.05. The van der Waals surface area contributed by atoms with Crippen molar-refractivity contribution in [2.24, 2.45) is 0 Å². The van der Waals surface area contributed by atoms with E-state index in [1.807, 2.05) is 0 Å². The highest BCUT2D eigenvalue weighted by molar-refractivity contribution is 5.06. The number of hydrogen-bond acceptors (Lipinski definition) is 2. The first-order valence-corrected chi connectivity index (χ1v) is 2.94. The minimum atomic E-state index is -4.23. The van der Waals surface area contributed by atoms with E-state index in [0.29, 0.717) is 0 Å². The summed E-state index contributed by atoms with van der Waals surface area (Å²) in [5.41, 5.74) is -0.706. The fourth-order valence-electron chi connectivity index (χ4n) is 0.507. The number of aromatic nitrogens is 1. The summed E-state index contributed by atoms with van der Waals surface area (Å²) in [7, 11) is 0. The molecule has 0 atom stereocenters. The van der Waals surface area contributed by atoms with E-state index < -0.39 is 18.7 Å². The van der Waals surface area contributed by atoms with Crippen LogP contribution in [0.4, 0.5) is 13.2 Å². The van der Waals surface area contributed by atoms with Gasteiger partial charge in [0.25, 0.3) is 0 Å². The van der Waals surface area contributed by atoms with Crippen LogP contribution in [0, 0.1) is 0 Å². The standard InChI is InChI=1S/C5H4F3N.CH4O2/c6-5(7,8)4-2-1-3-9-4;2-1-3/h1-3,9H;2-3H,1H2. The molecule has 0 unspecified atom stereocenters. The van der Waals surface area contributed by atoms with E-state index in [-0.39, 0.29) is 0 Å². The lowest BCUT2D eigenvalue weighted by Gasteiger charge is -2.00. The average Bonchev–Trinajstić information content (AvgIpc) is 2.36. The second-order valence-electron chi connectivity index (χ2n) is 1.72. The number of aliphatic hydroxyl groups is 2. The Labute approximate surface area is 66.5 Å². The van der Waals surface area contributed by atoms with Gasteiger partial charge in [-0.2, -0.15) is 13.2 Å². The van der Waals surface area contributed by atoms with Crippen LogP contribution >= 0.6 is 0 Å². The number of halogens is 3. The monoisotopic (exact) mass is 183 g/mol. The van der Waals surface area contributed by atoms with Gasteiger partial charge < -0.3 is 15.2 Å². The number of nitrogens with one attached hydrogen (secondary N) is 1. The quantitative estimate of drug-likeness (QED) is 0.525. The Kier molecular flexibility index (Phi) is 4.38. The van der Waals surface area contributed by atoms with Gasteiger partial charge in [0.2, 0.25) is 0 Å². The van der Waals surface area contributed by atoms with Gasteiger partial charge in [-0.05, 0) is 12.1 Å². The second kappa shape index (κ2) is 4.78. The van der Waals surface area contributed by atoms with Crippen LogP contribution in [0.2, 0.25) is 0 Å². The molecule has 0 aliphatic heterocycles. The van der Waals surface area contributed by atoms with E-state index in [4.69, 9.17) is 10.2 Å². The summed E-state index contributed by atoms with van der Waals surface area (Å²) in [5, 5.41) is 14.2. The molecule has 3 N–H and O–H groups in total. The molecule has 3 nitrogen and oxygen atoms in total. The summed E-state index contributed by atoms with van der Waals surface area (Å²) in [6, 6.07) is 2.29. The van der Waals surface area contributed by atoms with Gasteiger partial charge in [-0.1, -0.05) is 0 Å². The van der Waals surface area contributed by atoms with Crippen LogP contribution < -0.4 is 0 Å². The largest absolute Gasteiger partial charge is 0.431 e. The maximum atomic E-state index is 11.6. The van der Waals surface area contributed by atoms with Gasteiger partial charge in [-0.25, -0.2) is 0 Å².